The van der Waals surface area contributed by atoms with Gasteiger partial charge in [0.25, 0.3) is 0 Å². The Kier molecular flexibility index (Phi) is 1.73. The van der Waals surface area contributed by atoms with E-state index in [0.29, 0.717) is 13.0 Å². The molecule has 0 aromatic carbocycles. The predicted octanol–water partition coefficient (Wildman–Crippen LogP) is -0.358. The van der Waals surface area contributed by atoms with E-state index in [9.17, 15) is 0 Å². The first-order valence-corrected chi connectivity index (χ1v) is 2.89. The SMILES string of the molecule is C=C1OCC[C@H](O)[C@H]1O. The van der Waals surface area contributed by atoms with Gasteiger partial charge in [0.05, 0.1) is 12.7 Å². The fraction of sp³-hybridized carbons (Fsp3) is 0.667. The van der Waals surface area contributed by atoms with E-state index >= 15 is 0 Å². The van der Waals surface area contributed by atoms with E-state index in [1.807, 2.05) is 0 Å². The fourth-order valence-corrected chi connectivity index (χ4v) is 0.769. The van der Waals surface area contributed by atoms with Crippen LogP contribution in [-0.4, -0.2) is 29.0 Å². The second-order valence-electron chi connectivity index (χ2n) is 2.12. The standard InChI is InChI=1S/C6H10O3/c1-4-6(8)5(7)2-3-9-4/h5-8H,1-3H2/t5-,6-/m0/s1. The summed E-state index contributed by atoms with van der Waals surface area (Å²) in [5.74, 6) is 0.272. The van der Waals surface area contributed by atoms with Crippen molar-refractivity contribution in [1.29, 1.82) is 0 Å². The predicted molar refractivity (Wildman–Crippen MR) is 31.7 cm³/mol. The lowest BCUT2D eigenvalue weighted by molar-refractivity contribution is -0.0430. The summed E-state index contributed by atoms with van der Waals surface area (Å²) in [6.07, 6.45) is -1.09. The van der Waals surface area contributed by atoms with Crippen molar-refractivity contribution >= 4 is 0 Å². The zero-order valence-electron chi connectivity index (χ0n) is 5.08. The summed E-state index contributed by atoms with van der Waals surface area (Å²) >= 11 is 0. The van der Waals surface area contributed by atoms with E-state index in [0.717, 1.165) is 0 Å². The molecule has 0 aromatic heterocycles. The molecule has 0 radical (unpaired) electrons. The maximum atomic E-state index is 8.97. The van der Waals surface area contributed by atoms with Crippen molar-refractivity contribution in [2.75, 3.05) is 6.61 Å². The molecule has 0 spiro atoms. The van der Waals surface area contributed by atoms with Gasteiger partial charge >= 0.3 is 0 Å². The molecule has 1 aliphatic rings. The monoisotopic (exact) mass is 130 g/mol. The molecule has 2 N–H and O–H groups in total. The Hall–Kier alpha value is -0.540. The summed E-state index contributed by atoms with van der Waals surface area (Å²) in [6, 6.07) is 0. The summed E-state index contributed by atoms with van der Waals surface area (Å²) < 4.78 is 4.86. The molecular formula is C6H10O3. The molecule has 52 valence electrons. The van der Waals surface area contributed by atoms with E-state index in [1.54, 1.807) is 0 Å². The van der Waals surface area contributed by atoms with E-state index in [2.05, 4.69) is 6.58 Å². The average Bonchev–Trinajstić information content (AvgIpc) is 1.83. The van der Waals surface area contributed by atoms with Crippen molar-refractivity contribution in [1.82, 2.24) is 0 Å². The number of aliphatic hydroxyl groups is 2. The van der Waals surface area contributed by atoms with Crippen LogP contribution in [0, 0.1) is 0 Å². The van der Waals surface area contributed by atoms with Gasteiger partial charge in [-0.15, -0.1) is 0 Å². The van der Waals surface area contributed by atoms with Crippen molar-refractivity contribution < 1.29 is 14.9 Å². The van der Waals surface area contributed by atoms with Crippen LogP contribution in [0.5, 0.6) is 0 Å². The highest BCUT2D eigenvalue weighted by molar-refractivity contribution is 4.98. The van der Waals surface area contributed by atoms with Gasteiger partial charge in [-0.1, -0.05) is 6.58 Å². The van der Waals surface area contributed by atoms with Crippen LogP contribution < -0.4 is 0 Å². The summed E-state index contributed by atoms with van der Waals surface area (Å²) in [4.78, 5) is 0. The number of hydrogen-bond donors (Lipinski definition) is 2. The Bertz CT molecular complexity index is 121. The zero-order chi connectivity index (χ0) is 6.85. The van der Waals surface area contributed by atoms with E-state index in [4.69, 9.17) is 14.9 Å². The molecule has 1 heterocycles. The topological polar surface area (TPSA) is 49.7 Å². The van der Waals surface area contributed by atoms with Crippen LogP contribution in [0.1, 0.15) is 6.42 Å². The fourth-order valence-electron chi connectivity index (χ4n) is 0.769. The van der Waals surface area contributed by atoms with Crippen molar-refractivity contribution in [3.05, 3.63) is 12.3 Å². The van der Waals surface area contributed by atoms with Crippen LogP contribution in [0.3, 0.4) is 0 Å². The van der Waals surface area contributed by atoms with Gasteiger partial charge in [0.15, 0.2) is 0 Å². The normalized spacial score (nSPS) is 36.0. The first-order valence-electron chi connectivity index (χ1n) is 2.89. The molecule has 0 aromatic rings. The molecule has 0 amide bonds. The van der Waals surface area contributed by atoms with E-state index < -0.39 is 12.2 Å². The van der Waals surface area contributed by atoms with Gasteiger partial charge in [-0.25, -0.2) is 0 Å². The van der Waals surface area contributed by atoms with Crippen LogP contribution >= 0.6 is 0 Å². The molecule has 0 aliphatic carbocycles. The lowest BCUT2D eigenvalue weighted by atomic mass is 10.1. The lowest BCUT2D eigenvalue weighted by Gasteiger charge is -2.25. The maximum Gasteiger partial charge on any atom is 0.136 e. The highest BCUT2D eigenvalue weighted by Gasteiger charge is 2.24. The van der Waals surface area contributed by atoms with E-state index in [-0.39, 0.29) is 5.76 Å². The number of rotatable bonds is 0. The highest BCUT2D eigenvalue weighted by atomic mass is 16.5. The van der Waals surface area contributed by atoms with Crippen molar-refractivity contribution in [3.8, 4) is 0 Å². The minimum Gasteiger partial charge on any atom is -0.496 e. The summed E-state index contributed by atoms with van der Waals surface area (Å²) in [6.45, 7) is 3.87. The summed E-state index contributed by atoms with van der Waals surface area (Å²) in [7, 11) is 0. The van der Waals surface area contributed by atoms with Gasteiger partial charge in [-0.2, -0.15) is 0 Å². The smallest absolute Gasteiger partial charge is 0.136 e. The number of aliphatic hydroxyl groups excluding tert-OH is 2. The third-order valence-corrected chi connectivity index (χ3v) is 1.40. The van der Waals surface area contributed by atoms with Crippen LogP contribution in [0.15, 0.2) is 12.3 Å². The third kappa shape index (κ3) is 1.23. The van der Waals surface area contributed by atoms with Gasteiger partial charge in [0, 0.05) is 6.42 Å². The van der Waals surface area contributed by atoms with Crippen molar-refractivity contribution in [2.45, 2.75) is 18.6 Å². The second kappa shape index (κ2) is 2.37. The van der Waals surface area contributed by atoms with Gasteiger partial charge in [-0.05, 0) is 0 Å². The maximum absolute atomic E-state index is 8.97. The second-order valence-corrected chi connectivity index (χ2v) is 2.12. The Labute approximate surface area is 53.6 Å². The Balaban J connectivity index is 2.51. The average molecular weight is 130 g/mol. The van der Waals surface area contributed by atoms with Crippen LogP contribution in [0.2, 0.25) is 0 Å². The van der Waals surface area contributed by atoms with Crippen molar-refractivity contribution in [3.63, 3.8) is 0 Å². The molecule has 3 heteroatoms. The minimum absolute atomic E-state index is 0.272. The first-order chi connectivity index (χ1) is 4.22. The number of ether oxygens (including phenoxy) is 1. The lowest BCUT2D eigenvalue weighted by Crippen LogP contribution is -2.34. The van der Waals surface area contributed by atoms with Crippen LogP contribution in [-0.2, 0) is 4.74 Å². The third-order valence-electron chi connectivity index (χ3n) is 1.40. The molecule has 1 rings (SSSR count). The zero-order valence-corrected chi connectivity index (χ0v) is 5.08. The molecule has 0 unspecified atom stereocenters. The molecule has 0 saturated carbocycles. The Morgan fingerprint density at radius 1 is 1.56 bits per heavy atom. The minimum atomic E-state index is -0.890. The molecule has 2 atom stereocenters. The molecule has 0 bridgehead atoms. The van der Waals surface area contributed by atoms with Gasteiger partial charge < -0.3 is 14.9 Å². The summed E-state index contributed by atoms with van der Waals surface area (Å²) in [5, 5.41) is 17.9. The van der Waals surface area contributed by atoms with Crippen LogP contribution in [0.4, 0.5) is 0 Å². The molecule has 9 heavy (non-hydrogen) atoms. The largest absolute Gasteiger partial charge is 0.496 e. The van der Waals surface area contributed by atoms with Gasteiger partial charge in [0.1, 0.15) is 11.9 Å². The van der Waals surface area contributed by atoms with E-state index in [1.165, 1.54) is 0 Å². The van der Waals surface area contributed by atoms with Crippen molar-refractivity contribution in [2.24, 2.45) is 0 Å². The molecule has 1 aliphatic heterocycles. The van der Waals surface area contributed by atoms with Crippen LogP contribution in [0.25, 0.3) is 0 Å². The Morgan fingerprint density at radius 2 is 2.22 bits per heavy atom. The number of hydrogen-bond acceptors (Lipinski definition) is 3. The molecule has 1 saturated heterocycles. The molecule has 1 fully saturated rings. The Morgan fingerprint density at radius 3 is 2.67 bits per heavy atom. The van der Waals surface area contributed by atoms with Gasteiger partial charge in [-0.3, -0.25) is 0 Å². The molecule has 3 nitrogen and oxygen atoms in total. The van der Waals surface area contributed by atoms with Gasteiger partial charge in [0.2, 0.25) is 0 Å². The highest BCUT2D eigenvalue weighted by Crippen LogP contribution is 2.15. The molecular weight excluding hydrogens is 120 g/mol. The quantitative estimate of drug-likeness (QED) is 0.471. The first kappa shape index (κ1) is 6.58. The summed E-state index contributed by atoms with van der Waals surface area (Å²) in [5.41, 5.74) is 0.